The molecule has 3 nitrogen and oxygen atoms in total. The SMILES string of the molecule is N#Cc1cc(F)c(NC2CN3CCC2CC3)c(F)c1. The summed E-state index contributed by atoms with van der Waals surface area (Å²) in [6.07, 6.45) is 2.16. The van der Waals surface area contributed by atoms with Crippen LogP contribution in [0.5, 0.6) is 0 Å². The Morgan fingerprint density at radius 2 is 1.84 bits per heavy atom. The first-order valence-electron chi connectivity index (χ1n) is 6.55. The van der Waals surface area contributed by atoms with E-state index >= 15 is 0 Å². The van der Waals surface area contributed by atoms with E-state index in [4.69, 9.17) is 5.26 Å². The fourth-order valence-electron chi connectivity index (χ4n) is 3.09. The first-order valence-corrected chi connectivity index (χ1v) is 6.55. The lowest BCUT2D eigenvalue weighted by Crippen LogP contribution is -2.53. The molecular weight excluding hydrogens is 248 g/mol. The third-order valence-electron chi connectivity index (χ3n) is 4.16. The molecule has 0 radical (unpaired) electrons. The molecule has 5 heteroatoms. The van der Waals surface area contributed by atoms with Crippen molar-refractivity contribution in [2.24, 2.45) is 5.92 Å². The number of piperidine rings is 3. The van der Waals surface area contributed by atoms with E-state index in [2.05, 4.69) is 10.2 Å². The highest BCUT2D eigenvalue weighted by Gasteiger charge is 2.34. The second kappa shape index (κ2) is 4.78. The van der Waals surface area contributed by atoms with Crippen molar-refractivity contribution in [3.05, 3.63) is 29.3 Å². The minimum Gasteiger partial charge on any atom is -0.376 e. The summed E-state index contributed by atoms with van der Waals surface area (Å²) >= 11 is 0. The van der Waals surface area contributed by atoms with Gasteiger partial charge in [0.05, 0.1) is 11.6 Å². The van der Waals surface area contributed by atoms with Crippen LogP contribution in [0.2, 0.25) is 0 Å². The first-order chi connectivity index (χ1) is 9.17. The fourth-order valence-corrected chi connectivity index (χ4v) is 3.09. The molecule has 3 fully saturated rings. The Morgan fingerprint density at radius 3 is 2.32 bits per heavy atom. The maximum Gasteiger partial charge on any atom is 0.150 e. The quantitative estimate of drug-likeness (QED) is 0.890. The molecule has 1 aromatic rings. The van der Waals surface area contributed by atoms with Gasteiger partial charge in [-0.1, -0.05) is 0 Å². The molecule has 0 spiro atoms. The standard InChI is InChI=1S/C14H15F2N3/c15-11-5-9(7-17)6-12(16)14(11)18-13-8-19-3-1-10(13)2-4-19/h5-6,10,13,18H,1-4,8H2. The number of rotatable bonds is 2. The smallest absolute Gasteiger partial charge is 0.150 e. The fraction of sp³-hybridized carbons (Fsp3) is 0.500. The minimum atomic E-state index is -0.687. The Hall–Kier alpha value is -1.67. The molecule has 1 N–H and O–H groups in total. The molecule has 1 unspecified atom stereocenters. The van der Waals surface area contributed by atoms with Crippen LogP contribution in [0.4, 0.5) is 14.5 Å². The van der Waals surface area contributed by atoms with Crippen molar-refractivity contribution < 1.29 is 8.78 Å². The van der Waals surface area contributed by atoms with Crippen LogP contribution in [0.15, 0.2) is 12.1 Å². The number of fused-ring (bicyclic) bond motifs is 3. The van der Waals surface area contributed by atoms with Gasteiger partial charge in [-0.25, -0.2) is 8.78 Å². The van der Waals surface area contributed by atoms with Crippen LogP contribution >= 0.6 is 0 Å². The van der Waals surface area contributed by atoms with Crippen molar-refractivity contribution in [3.63, 3.8) is 0 Å². The lowest BCUT2D eigenvalue weighted by molar-refractivity contribution is 0.0972. The number of anilines is 1. The second-order valence-corrected chi connectivity index (χ2v) is 5.32. The zero-order valence-corrected chi connectivity index (χ0v) is 10.5. The molecule has 3 heterocycles. The van der Waals surface area contributed by atoms with Crippen LogP contribution < -0.4 is 5.32 Å². The Balaban J connectivity index is 1.82. The maximum absolute atomic E-state index is 13.8. The van der Waals surface area contributed by atoms with E-state index in [1.165, 1.54) is 0 Å². The molecule has 4 rings (SSSR count). The third kappa shape index (κ3) is 2.28. The van der Waals surface area contributed by atoms with Gasteiger partial charge in [0.15, 0.2) is 11.6 Å². The molecule has 100 valence electrons. The Morgan fingerprint density at radius 1 is 1.21 bits per heavy atom. The highest BCUT2D eigenvalue weighted by Crippen LogP contribution is 2.31. The molecule has 0 aliphatic carbocycles. The topological polar surface area (TPSA) is 39.1 Å². The van der Waals surface area contributed by atoms with E-state index in [9.17, 15) is 8.78 Å². The van der Waals surface area contributed by atoms with E-state index in [1.807, 2.05) is 0 Å². The third-order valence-corrected chi connectivity index (χ3v) is 4.16. The van der Waals surface area contributed by atoms with Gasteiger partial charge in [-0.2, -0.15) is 5.26 Å². The Bertz CT molecular complexity index is 507. The van der Waals surface area contributed by atoms with Crippen LogP contribution in [0.3, 0.4) is 0 Å². The van der Waals surface area contributed by atoms with Gasteiger partial charge in [0.25, 0.3) is 0 Å². The molecule has 19 heavy (non-hydrogen) atoms. The van der Waals surface area contributed by atoms with E-state index < -0.39 is 11.6 Å². The summed E-state index contributed by atoms with van der Waals surface area (Å²) in [5.41, 5.74) is -0.0905. The highest BCUT2D eigenvalue weighted by molar-refractivity contribution is 5.51. The summed E-state index contributed by atoms with van der Waals surface area (Å²) in [4.78, 5) is 2.32. The van der Waals surface area contributed by atoms with E-state index in [0.29, 0.717) is 5.92 Å². The van der Waals surface area contributed by atoms with Crippen LogP contribution in [0, 0.1) is 28.9 Å². The number of hydrogen-bond donors (Lipinski definition) is 1. The number of hydrogen-bond acceptors (Lipinski definition) is 3. The monoisotopic (exact) mass is 263 g/mol. The predicted octanol–water partition coefficient (Wildman–Crippen LogP) is 2.34. The van der Waals surface area contributed by atoms with Crippen LogP contribution in [-0.2, 0) is 0 Å². The number of nitriles is 1. The van der Waals surface area contributed by atoms with Gasteiger partial charge in [-0.3, -0.25) is 0 Å². The van der Waals surface area contributed by atoms with Crippen molar-refractivity contribution in [1.29, 1.82) is 5.26 Å². The summed E-state index contributed by atoms with van der Waals surface area (Å²) in [5, 5.41) is 11.7. The summed E-state index contributed by atoms with van der Waals surface area (Å²) in [6, 6.07) is 4.00. The molecule has 3 aliphatic heterocycles. The average molecular weight is 263 g/mol. The van der Waals surface area contributed by atoms with Gasteiger partial charge in [0.2, 0.25) is 0 Å². The number of halogens is 2. The largest absolute Gasteiger partial charge is 0.376 e. The van der Waals surface area contributed by atoms with Gasteiger partial charge >= 0.3 is 0 Å². The lowest BCUT2D eigenvalue weighted by Gasteiger charge is -2.45. The molecule has 0 aromatic heterocycles. The second-order valence-electron chi connectivity index (χ2n) is 5.32. The van der Waals surface area contributed by atoms with Gasteiger partial charge in [0, 0.05) is 12.6 Å². The van der Waals surface area contributed by atoms with Gasteiger partial charge in [0.1, 0.15) is 5.69 Å². The van der Waals surface area contributed by atoms with Gasteiger partial charge < -0.3 is 10.2 Å². The highest BCUT2D eigenvalue weighted by atomic mass is 19.1. The van der Waals surface area contributed by atoms with Crippen LogP contribution in [0.1, 0.15) is 18.4 Å². The van der Waals surface area contributed by atoms with Gasteiger partial charge in [-0.15, -0.1) is 0 Å². The van der Waals surface area contributed by atoms with E-state index in [1.54, 1.807) is 6.07 Å². The lowest BCUT2D eigenvalue weighted by atomic mass is 9.84. The predicted molar refractivity (Wildman–Crippen MR) is 67.6 cm³/mol. The van der Waals surface area contributed by atoms with Crippen LogP contribution in [0.25, 0.3) is 0 Å². The molecular formula is C14H15F2N3. The first kappa shape index (κ1) is 12.4. The zero-order chi connectivity index (χ0) is 13.4. The summed E-state index contributed by atoms with van der Waals surface area (Å²) in [6.45, 7) is 3.01. The summed E-state index contributed by atoms with van der Waals surface area (Å²) in [5.74, 6) is -0.888. The van der Waals surface area contributed by atoms with Crippen molar-refractivity contribution in [1.82, 2.24) is 4.90 Å². The molecule has 0 amide bonds. The Kier molecular flexibility index (Phi) is 3.11. The van der Waals surface area contributed by atoms with E-state index in [0.717, 1.165) is 44.6 Å². The molecule has 3 aliphatic rings. The number of benzene rings is 1. The molecule has 1 aromatic carbocycles. The van der Waals surface area contributed by atoms with Gasteiger partial charge in [-0.05, 0) is 44.0 Å². The summed E-state index contributed by atoms with van der Waals surface area (Å²) < 4.78 is 27.7. The normalized spacial score (nSPS) is 29.0. The maximum atomic E-state index is 13.8. The Labute approximate surface area is 110 Å². The van der Waals surface area contributed by atoms with E-state index in [-0.39, 0.29) is 17.3 Å². The zero-order valence-electron chi connectivity index (χ0n) is 10.5. The number of nitrogens with zero attached hydrogens (tertiary/aromatic N) is 2. The van der Waals surface area contributed by atoms with Crippen molar-refractivity contribution in [2.75, 3.05) is 25.0 Å². The molecule has 2 bridgehead atoms. The molecule has 0 saturated carbocycles. The van der Waals surface area contributed by atoms with Crippen molar-refractivity contribution in [2.45, 2.75) is 18.9 Å². The molecule has 1 atom stereocenters. The average Bonchev–Trinajstić information content (AvgIpc) is 2.44. The van der Waals surface area contributed by atoms with Crippen molar-refractivity contribution >= 4 is 5.69 Å². The van der Waals surface area contributed by atoms with Crippen LogP contribution in [-0.4, -0.2) is 30.6 Å². The summed E-state index contributed by atoms with van der Waals surface area (Å²) in [7, 11) is 0. The minimum absolute atomic E-state index is 0.00876. The van der Waals surface area contributed by atoms with Crippen molar-refractivity contribution in [3.8, 4) is 6.07 Å². The molecule has 3 saturated heterocycles. The number of nitrogens with one attached hydrogen (secondary N) is 1.